The molecule has 8 heteroatoms. The monoisotopic (exact) mass is 541 g/mol. The predicted molar refractivity (Wildman–Crippen MR) is 145 cm³/mol. The molecule has 2 atom stereocenters. The first-order valence-corrected chi connectivity index (χ1v) is 12.7. The Morgan fingerprint density at radius 1 is 0.925 bits per heavy atom. The topological polar surface area (TPSA) is 70.0 Å². The van der Waals surface area contributed by atoms with Crippen molar-refractivity contribution in [1.29, 1.82) is 0 Å². The first-order chi connectivity index (χ1) is 19.2. The van der Waals surface area contributed by atoms with Gasteiger partial charge in [0.2, 0.25) is 5.91 Å². The van der Waals surface area contributed by atoms with Gasteiger partial charge in [0, 0.05) is 28.4 Å². The van der Waals surface area contributed by atoms with E-state index in [-0.39, 0.29) is 18.0 Å². The van der Waals surface area contributed by atoms with Gasteiger partial charge in [-0.05, 0) is 52.7 Å². The number of phenolic OH excluding ortho intramolecular Hbond substituents is 2. The number of carbonyl (C=O) groups is 1. The average Bonchev–Trinajstić information content (AvgIpc) is 3.16. The Morgan fingerprint density at radius 3 is 2.02 bits per heavy atom. The van der Waals surface area contributed by atoms with Gasteiger partial charge in [-0.3, -0.25) is 4.79 Å². The molecule has 1 saturated heterocycles. The fourth-order valence-electron chi connectivity index (χ4n) is 6.65. The number of hydrogen-bond acceptors (Lipinski definition) is 4. The van der Waals surface area contributed by atoms with Crippen molar-refractivity contribution in [3.8, 4) is 23.0 Å². The maximum Gasteiger partial charge on any atom is 0.397 e. The van der Waals surface area contributed by atoms with Gasteiger partial charge in [-0.2, -0.15) is 13.2 Å². The molecule has 0 radical (unpaired) electrons. The smallest absolute Gasteiger partial charge is 0.397 e. The zero-order chi connectivity index (χ0) is 28.0. The van der Waals surface area contributed by atoms with E-state index in [1.165, 1.54) is 29.2 Å². The van der Waals surface area contributed by atoms with Crippen LogP contribution in [-0.4, -0.2) is 39.8 Å². The number of amides is 1. The lowest BCUT2D eigenvalue weighted by Crippen LogP contribution is -2.45. The Morgan fingerprint density at radius 2 is 1.50 bits per heavy atom. The largest absolute Gasteiger partial charge is 0.508 e. The van der Waals surface area contributed by atoms with Crippen LogP contribution in [0.15, 0.2) is 97.1 Å². The van der Waals surface area contributed by atoms with Gasteiger partial charge >= 0.3 is 6.18 Å². The molecule has 4 aromatic carbocycles. The highest BCUT2D eigenvalue weighted by Crippen LogP contribution is 2.62. The Bertz CT molecular complexity index is 1750. The molecule has 4 aromatic rings. The van der Waals surface area contributed by atoms with Crippen molar-refractivity contribution in [2.75, 3.05) is 6.54 Å². The molecule has 0 aromatic heterocycles. The molecule has 2 heterocycles. The minimum absolute atomic E-state index is 0.0432. The number of allylic oxidation sites excluding steroid dienone is 2. The van der Waals surface area contributed by atoms with Crippen LogP contribution in [-0.2, 0) is 10.2 Å². The first kappa shape index (κ1) is 24.3. The number of phenols is 2. The highest BCUT2D eigenvalue weighted by molar-refractivity contribution is 6.07. The van der Waals surface area contributed by atoms with Crippen LogP contribution in [0, 0.1) is 5.92 Å². The predicted octanol–water partition coefficient (Wildman–Crippen LogP) is 6.87. The van der Waals surface area contributed by atoms with Crippen LogP contribution in [0.25, 0.3) is 21.5 Å². The number of benzene rings is 4. The molecule has 1 amide bonds. The molecule has 1 spiro atoms. The summed E-state index contributed by atoms with van der Waals surface area (Å²) in [5.74, 6) is -1.65. The lowest BCUT2D eigenvalue weighted by Gasteiger charge is -2.39. The number of carbonyl (C=O) groups excluding carboxylic acids is 1. The maximum atomic E-state index is 14.7. The summed E-state index contributed by atoms with van der Waals surface area (Å²) in [7, 11) is 0. The van der Waals surface area contributed by atoms with Crippen molar-refractivity contribution in [1.82, 2.24) is 4.90 Å². The van der Waals surface area contributed by atoms with E-state index in [9.17, 15) is 28.2 Å². The number of hydrogen-bond donors (Lipinski definition) is 2. The van der Waals surface area contributed by atoms with Crippen LogP contribution in [0.4, 0.5) is 13.2 Å². The molecular weight excluding hydrogens is 519 g/mol. The zero-order valence-electron chi connectivity index (χ0n) is 20.9. The minimum Gasteiger partial charge on any atom is -0.508 e. The zero-order valence-corrected chi connectivity index (χ0v) is 20.9. The Kier molecular flexibility index (Phi) is 4.95. The summed E-state index contributed by atoms with van der Waals surface area (Å²) in [4.78, 5) is 16.0. The van der Waals surface area contributed by atoms with E-state index in [1.54, 1.807) is 54.6 Å². The normalized spacial score (nSPS) is 20.7. The molecule has 2 N–H and O–H groups in total. The summed E-state index contributed by atoms with van der Waals surface area (Å²) < 4.78 is 49.9. The lowest BCUT2D eigenvalue weighted by atomic mass is 9.64. The van der Waals surface area contributed by atoms with E-state index in [2.05, 4.69) is 6.58 Å². The number of aromatic hydroxyl groups is 2. The lowest BCUT2D eigenvalue weighted by molar-refractivity contribution is -0.173. The number of ether oxygens (including phenoxy) is 1. The second-order valence-corrected chi connectivity index (χ2v) is 10.3. The van der Waals surface area contributed by atoms with Gasteiger partial charge in [-0.25, -0.2) is 0 Å². The third-order valence-corrected chi connectivity index (χ3v) is 8.23. The van der Waals surface area contributed by atoms with Crippen LogP contribution in [0.1, 0.15) is 11.1 Å². The molecule has 40 heavy (non-hydrogen) atoms. The molecule has 7 rings (SSSR count). The fraction of sp³-hybridized carbons (Fsp3) is 0.156. The van der Waals surface area contributed by atoms with E-state index in [1.807, 2.05) is 0 Å². The Labute approximate surface area is 226 Å². The van der Waals surface area contributed by atoms with Gasteiger partial charge in [0.1, 0.15) is 28.4 Å². The van der Waals surface area contributed by atoms with Gasteiger partial charge < -0.3 is 19.8 Å². The second-order valence-electron chi connectivity index (χ2n) is 10.3. The molecule has 5 nitrogen and oxygen atoms in total. The maximum absolute atomic E-state index is 14.7. The standard InChI is InChI=1S/C32H22F3NO4/c1-2-14-36-27-23(4-3-5-24(27)32(33,34)35)31(30(36)39)25-12-6-17-15-19(37)8-10-21(17)28(25)40-29-22-11-9-20(38)16-18(22)7-13-26(29)31/h2-13,15-16,24,27,37-38H,1,14H2. The number of halogens is 3. The molecule has 0 bridgehead atoms. The van der Waals surface area contributed by atoms with Gasteiger partial charge in [-0.15, -0.1) is 6.58 Å². The van der Waals surface area contributed by atoms with E-state index in [4.69, 9.17) is 4.74 Å². The van der Waals surface area contributed by atoms with Crippen molar-refractivity contribution in [3.63, 3.8) is 0 Å². The minimum atomic E-state index is -4.59. The Hall–Kier alpha value is -4.72. The molecule has 2 unspecified atom stereocenters. The van der Waals surface area contributed by atoms with Gasteiger partial charge in [-0.1, -0.05) is 48.6 Å². The van der Waals surface area contributed by atoms with Gasteiger partial charge in [0.25, 0.3) is 0 Å². The highest BCUT2D eigenvalue weighted by atomic mass is 19.4. The second kappa shape index (κ2) is 8.14. The number of fused-ring (bicyclic) bond motifs is 10. The summed E-state index contributed by atoms with van der Waals surface area (Å²) in [6.07, 6.45) is 0.945. The summed E-state index contributed by atoms with van der Waals surface area (Å²) in [5.41, 5.74) is -0.435. The van der Waals surface area contributed by atoms with Crippen LogP contribution >= 0.6 is 0 Å². The van der Waals surface area contributed by atoms with Crippen LogP contribution in [0.5, 0.6) is 23.0 Å². The average molecular weight is 542 g/mol. The van der Waals surface area contributed by atoms with Crippen molar-refractivity contribution in [2.45, 2.75) is 17.6 Å². The summed E-state index contributed by atoms with van der Waals surface area (Å²) in [6.45, 7) is 3.65. The summed E-state index contributed by atoms with van der Waals surface area (Å²) in [5, 5.41) is 22.7. The fourth-order valence-corrected chi connectivity index (χ4v) is 6.65. The van der Waals surface area contributed by atoms with Gasteiger partial charge in [0.15, 0.2) is 0 Å². The number of nitrogens with zero attached hydrogens (tertiary/aromatic N) is 1. The molecule has 200 valence electrons. The summed E-state index contributed by atoms with van der Waals surface area (Å²) >= 11 is 0. The number of alkyl halides is 3. The van der Waals surface area contributed by atoms with E-state index in [0.29, 0.717) is 49.7 Å². The number of likely N-dealkylation sites (tertiary alicyclic amines) is 1. The molecular formula is C32H22F3NO4. The van der Waals surface area contributed by atoms with Crippen molar-refractivity contribution in [2.24, 2.45) is 5.92 Å². The van der Waals surface area contributed by atoms with Crippen LogP contribution in [0.3, 0.4) is 0 Å². The van der Waals surface area contributed by atoms with Crippen molar-refractivity contribution < 1.29 is 32.9 Å². The number of rotatable bonds is 2. The highest BCUT2D eigenvalue weighted by Gasteiger charge is 2.65. The quantitative estimate of drug-likeness (QED) is 0.272. The molecule has 0 saturated carbocycles. The van der Waals surface area contributed by atoms with Crippen molar-refractivity contribution in [3.05, 3.63) is 108 Å². The van der Waals surface area contributed by atoms with Crippen LogP contribution in [0.2, 0.25) is 0 Å². The molecule has 1 aliphatic carbocycles. The third-order valence-electron chi connectivity index (χ3n) is 8.23. The third kappa shape index (κ3) is 3.07. The Balaban J connectivity index is 1.63. The SMILES string of the molecule is C=CCN1C(=O)C2(C3=CC=CC(C(F)(F)F)C31)c1ccc3cc(O)ccc3c1Oc1c2ccc2cc(O)ccc12. The van der Waals surface area contributed by atoms with E-state index < -0.39 is 29.5 Å². The van der Waals surface area contributed by atoms with Crippen LogP contribution < -0.4 is 4.74 Å². The van der Waals surface area contributed by atoms with E-state index >= 15 is 0 Å². The van der Waals surface area contributed by atoms with Gasteiger partial charge in [0.05, 0.1) is 12.0 Å². The first-order valence-electron chi connectivity index (χ1n) is 12.7. The molecule has 1 fully saturated rings. The van der Waals surface area contributed by atoms with E-state index in [0.717, 1.165) is 6.08 Å². The molecule has 2 aliphatic heterocycles. The van der Waals surface area contributed by atoms with Crippen molar-refractivity contribution >= 4 is 27.5 Å². The summed E-state index contributed by atoms with van der Waals surface area (Å²) in [6, 6.07) is 15.1. The molecule has 3 aliphatic rings.